The molecule has 2 heterocycles. The molecule has 140 valence electrons. The van der Waals surface area contributed by atoms with Gasteiger partial charge in [-0.05, 0) is 35.9 Å². The van der Waals surface area contributed by atoms with Gasteiger partial charge in [-0.2, -0.15) is 18.3 Å². The number of carbonyl (C=O) groups excluding carboxylic acids is 1. The highest BCUT2D eigenvalue weighted by atomic mass is 35.5. The molecule has 0 bridgehead atoms. The first-order valence-corrected chi connectivity index (χ1v) is 8.28. The van der Waals surface area contributed by atoms with Gasteiger partial charge in [-0.1, -0.05) is 23.7 Å². The zero-order valence-corrected chi connectivity index (χ0v) is 14.6. The molecule has 0 saturated carbocycles. The molecule has 1 aromatic carbocycles. The van der Waals surface area contributed by atoms with E-state index in [1.165, 1.54) is 6.07 Å². The van der Waals surface area contributed by atoms with Crippen LogP contribution in [0.3, 0.4) is 0 Å². The van der Waals surface area contributed by atoms with Gasteiger partial charge in [0.25, 0.3) is 0 Å². The fraction of sp³-hybridized carbons (Fsp3) is 0.167. The zero-order valence-electron chi connectivity index (χ0n) is 13.9. The van der Waals surface area contributed by atoms with Crippen LogP contribution in [0.25, 0.3) is 5.69 Å². The number of nitrogens with one attached hydrogen (secondary N) is 1. The molecule has 0 aliphatic carbocycles. The Hall–Kier alpha value is -2.87. The van der Waals surface area contributed by atoms with Crippen molar-refractivity contribution in [3.8, 4) is 5.69 Å². The number of pyridine rings is 1. The van der Waals surface area contributed by atoms with Crippen molar-refractivity contribution in [2.24, 2.45) is 0 Å². The summed E-state index contributed by atoms with van der Waals surface area (Å²) in [4.78, 5) is 16.0. The molecule has 5 nitrogen and oxygen atoms in total. The molecule has 0 unspecified atom stereocenters. The van der Waals surface area contributed by atoms with Crippen LogP contribution in [0.2, 0.25) is 5.02 Å². The molecule has 0 aliphatic rings. The van der Waals surface area contributed by atoms with Gasteiger partial charge in [-0.25, -0.2) is 4.68 Å². The maximum Gasteiger partial charge on any atom is 0.435 e. The van der Waals surface area contributed by atoms with Crippen LogP contribution in [-0.4, -0.2) is 20.7 Å². The highest BCUT2D eigenvalue weighted by Crippen LogP contribution is 2.30. The van der Waals surface area contributed by atoms with Crippen LogP contribution in [0.4, 0.5) is 13.2 Å². The molecule has 3 rings (SSSR count). The maximum absolute atomic E-state index is 13.1. The topological polar surface area (TPSA) is 59.8 Å². The number of carbonyl (C=O) groups is 1. The Morgan fingerprint density at radius 1 is 1.19 bits per heavy atom. The van der Waals surface area contributed by atoms with Gasteiger partial charge in [-0.3, -0.25) is 9.78 Å². The number of rotatable bonds is 5. The van der Waals surface area contributed by atoms with E-state index in [0.29, 0.717) is 16.3 Å². The number of halogens is 4. The largest absolute Gasteiger partial charge is 0.435 e. The predicted octanol–water partition coefficient (Wildman–Crippen LogP) is 3.80. The molecular weight excluding hydrogens is 381 g/mol. The normalized spacial score (nSPS) is 11.4. The lowest BCUT2D eigenvalue weighted by Crippen LogP contribution is -2.25. The van der Waals surface area contributed by atoms with Crippen LogP contribution in [0.1, 0.15) is 17.0 Å². The molecule has 0 spiro atoms. The number of benzene rings is 1. The van der Waals surface area contributed by atoms with Crippen molar-refractivity contribution in [2.45, 2.75) is 19.1 Å². The summed E-state index contributed by atoms with van der Waals surface area (Å²) < 4.78 is 40.3. The van der Waals surface area contributed by atoms with E-state index in [4.69, 9.17) is 11.6 Å². The van der Waals surface area contributed by atoms with E-state index in [0.717, 1.165) is 10.7 Å². The van der Waals surface area contributed by atoms with Crippen molar-refractivity contribution in [1.29, 1.82) is 0 Å². The van der Waals surface area contributed by atoms with Crippen LogP contribution in [-0.2, 0) is 23.9 Å². The molecule has 9 heteroatoms. The molecule has 0 atom stereocenters. The lowest BCUT2D eigenvalue weighted by Gasteiger charge is -2.09. The van der Waals surface area contributed by atoms with Crippen molar-refractivity contribution in [3.63, 3.8) is 0 Å². The van der Waals surface area contributed by atoms with Gasteiger partial charge in [0.1, 0.15) is 0 Å². The van der Waals surface area contributed by atoms with Crippen molar-refractivity contribution in [3.05, 3.63) is 76.8 Å². The maximum atomic E-state index is 13.1. The first kappa shape index (κ1) is 18.9. The third-order valence-corrected chi connectivity index (χ3v) is 3.92. The van der Waals surface area contributed by atoms with E-state index in [9.17, 15) is 18.0 Å². The van der Waals surface area contributed by atoms with Gasteiger partial charge in [0, 0.05) is 17.4 Å². The Balaban J connectivity index is 1.81. The fourth-order valence-corrected chi connectivity index (χ4v) is 2.64. The summed E-state index contributed by atoms with van der Waals surface area (Å²) in [6.07, 6.45) is -1.38. The first-order chi connectivity index (χ1) is 12.8. The summed E-state index contributed by atoms with van der Waals surface area (Å²) in [6.45, 7) is -0.116. The minimum Gasteiger partial charge on any atom is -0.350 e. The fourth-order valence-electron chi connectivity index (χ4n) is 2.46. The molecule has 1 amide bonds. The Morgan fingerprint density at radius 3 is 2.67 bits per heavy atom. The smallest absolute Gasteiger partial charge is 0.350 e. The van der Waals surface area contributed by atoms with Crippen LogP contribution >= 0.6 is 11.6 Å². The minimum atomic E-state index is -4.60. The summed E-state index contributed by atoms with van der Waals surface area (Å²) >= 11 is 5.92. The van der Waals surface area contributed by atoms with E-state index in [-0.39, 0.29) is 24.6 Å². The first-order valence-electron chi connectivity index (χ1n) is 7.90. The van der Waals surface area contributed by atoms with E-state index >= 15 is 0 Å². The summed E-state index contributed by atoms with van der Waals surface area (Å²) in [5.74, 6) is -0.338. The Labute approximate surface area is 157 Å². The van der Waals surface area contributed by atoms with Gasteiger partial charge < -0.3 is 5.32 Å². The number of nitrogens with zero attached hydrogens (tertiary/aromatic N) is 3. The van der Waals surface area contributed by atoms with Crippen molar-refractivity contribution in [1.82, 2.24) is 20.1 Å². The number of hydrogen-bond acceptors (Lipinski definition) is 3. The Bertz CT molecular complexity index is 941. The molecule has 0 saturated heterocycles. The average molecular weight is 395 g/mol. The molecule has 27 heavy (non-hydrogen) atoms. The number of alkyl halides is 3. The second kappa shape index (κ2) is 7.79. The van der Waals surface area contributed by atoms with Crippen LogP contribution < -0.4 is 5.32 Å². The predicted molar refractivity (Wildman–Crippen MR) is 93.4 cm³/mol. The quantitative estimate of drug-likeness (QED) is 0.716. The second-order valence-electron chi connectivity index (χ2n) is 5.73. The number of aromatic nitrogens is 3. The number of hydrogen-bond donors (Lipinski definition) is 1. The standard InChI is InChI=1S/C18H14ClF3N4O/c19-13-4-1-5-14(8-13)26-15(9-16(25-26)18(20,21)22)11-24-17(27)7-12-3-2-6-23-10-12/h1-6,8-10H,7,11H2,(H,24,27). The van der Waals surface area contributed by atoms with Gasteiger partial charge in [0.15, 0.2) is 5.69 Å². The molecule has 3 aromatic rings. The van der Waals surface area contributed by atoms with Crippen molar-refractivity contribution >= 4 is 17.5 Å². The lowest BCUT2D eigenvalue weighted by molar-refractivity contribution is -0.141. The highest BCUT2D eigenvalue weighted by Gasteiger charge is 2.35. The summed E-state index contributed by atoms with van der Waals surface area (Å²) in [6, 6.07) is 10.6. The number of amides is 1. The van der Waals surface area contributed by atoms with Gasteiger partial charge >= 0.3 is 6.18 Å². The van der Waals surface area contributed by atoms with Gasteiger partial charge in [-0.15, -0.1) is 0 Å². The minimum absolute atomic E-state index is 0.0747. The summed E-state index contributed by atoms with van der Waals surface area (Å²) in [7, 11) is 0. The van der Waals surface area contributed by atoms with E-state index in [1.807, 2.05) is 0 Å². The Kier molecular flexibility index (Phi) is 5.46. The van der Waals surface area contributed by atoms with E-state index < -0.39 is 11.9 Å². The average Bonchev–Trinajstić information content (AvgIpc) is 3.05. The third-order valence-electron chi connectivity index (χ3n) is 3.68. The Morgan fingerprint density at radius 2 is 2.00 bits per heavy atom. The van der Waals surface area contributed by atoms with Crippen LogP contribution in [0.5, 0.6) is 0 Å². The van der Waals surface area contributed by atoms with Crippen molar-refractivity contribution < 1.29 is 18.0 Å². The van der Waals surface area contributed by atoms with Crippen molar-refractivity contribution in [2.75, 3.05) is 0 Å². The summed E-state index contributed by atoms with van der Waals surface area (Å²) in [5, 5.41) is 6.60. The highest BCUT2D eigenvalue weighted by molar-refractivity contribution is 6.30. The van der Waals surface area contributed by atoms with E-state index in [1.54, 1.807) is 42.7 Å². The van der Waals surface area contributed by atoms with E-state index in [2.05, 4.69) is 15.4 Å². The monoisotopic (exact) mass is 394 g/mol. The third kappa shape index (κ3) is 4.85. The SMILES string of the molecule is O=C(Cc1cccnc1)NCc1cc(C(F)(F)F)nn1-c1cccc(Cl)c1. The molecule has 2 aromatic heterocycles. The molecular formula is C18H14ClF3N4O. The molecule has 0 radical (unpaired) electrons. The molecule has 0 aliphatic heterocycles. The van der Waals surface area contributed by atoms with Crippen LogP contribution in [0, 0.1) is 0 Å². The van der Waals surface area contributed by atoms with Gasteiger partial charge in [0.05, 0.1) is 24.3 Å². The lowest BCUT2D eigenvalue weighted by atomic mass is 10.2. The summed E-state index contributed by atoms with van der Waals surface area (Å²) in [5.41, 5.74) is 0.215. The van der Waals surface area contributed by atoms with Crippen LogP contribution in [0.15, 0.2) is 54.9 Å². The second-order valence-corrected chi connectivity index (χ2v) is 6.16. The zero-order chi connectivity index (χ0) is 19.4. The molecule has 0 fully saturated rings. The van der Waals surface area contributed by atoms with Gasteiger partial charge in [0.2, 0.25) is 5.91 Å². The molecule has 1 N–H and O–H groups in total.